The maximum atomic E-state index is 9.88. The average Bonchev–Trinajstić information content (AvgIpc) is 3.43. The molecule has 150 valence electrons. The Morgan fingerprint density at radius 2 is 2.10 bits per heavy atom. The third-order valence-corrected chi connectivity index (χ3v) is 5.28. The molecule has 0 aliphatic rings. The summed E-state index contributed by atoms with van der Waals surface area (Å²) in [5, 5.41) is 26.3. The number of thiazole rings is 1. The van der Waals surface area contributed by atoms with Crippen molar-refractivity contribution in [3.8, 4) is 39.7 Å². The Kier molecular flexibility index (Phi) is 5.54. The lowest BCUT2D eigenvalue weighted by Gasteiger charge is -2.12. The van der Waals surface area contributed by atoms with Gasteiger partial charge in [-0.25, -0.2) is 9.67 Å². The molecule has 8 nitrogen and oxygen atoms in total. The molecule has 4 rings (SSSR count). The Morgan fingerprint density at radius 1 is 1.23 bits per heavy atom. The number of hydrogen-bond donors (Lipinski definition) is 2. The van der Waals surface area contributed by atoms with Crippen LogP contribution in [0.3, 0.4) is 0 Å². The fraction of sp³-hybridized carbons (Fsp3) is 0.143. The number of nitrogens with two attached hydrogens (primary N) is 1. The lowest BCUT2D eigenvalue weighted by atomic mass is 10.1. The van der Waals surface area contributed by atoms with Crippen molar-refractivity contribution in [2.75, 3.05) is 6.54 Å². The van der Waals surface area contributed by atoms with Crippen molar-refractivity contribution < 1.29 is 9.84 Å². The number of aliphatic hydroxyl groups excluding tert-OH is 1. The number of pyridine rings is 1. The van der Waals surface area contributed by atoms with E-state index in [-0.39, 0.29) is 6.54 Å². The SMILES string of the molecule is Cn1nc(-c2nccs2)cc1Oc1cc(C#N)ccc1-c1ccc([C@H](O)CN)cn1. The van der Waals surface area contributed by atoms with Crippen LogP contribution in [-0.2, 0) is 7.05 Å². The zero-order chi connectivity index (χ0) is 21.1. The summed E-state index contributed by atoms with van der Waals surface area (Å²) in [7, 11) is 1.78. The van der Waals surface area contributed by atoms with E-state index in [0.29, 0.717) is 39.7 Å². The summed E-state index contributed by atoms with van der Waals surface area (Å²) in [6.45, 7) is 0.119. The molecule has 0 aliphatic carbocycles. The zero-order valence-electron chi connectivity index (χ0n) is 16.1. The molecular weight excluding hydrogens is 400 g/mol. The van der Waals surface area contributed by atoms with Crippen LogP contribution in [0.25, 0.3) is 22.0 Å². The fourth-order valence-corrected chi connectivity index (χ4v) is 3.49. The van der Waals surface area contributed by atoms with Crippen molar-refractivity contribution in [2.45, 2.75) is 6.10 Å². The second-order valence-electron chi connectivity index (χ2n) is 6.48. The van der Waals surface area contributed by atoms with Crippen molar-refractivity contribution in [1.82, 2.24) is 19.7 Å². The molecule has 4 aromatic rings. The van der Waals surface area contributed by atoms with E-state index >= 15 is 0 Å². The monoisotopic (exact) mass is 418 g/mol. The van der Waals surface area contributed by atoms with E-state index in [1.54, 1.807) is 60.5 Å². The summed E-state index contributed by atoms with van der Waals surface area (Å²) in [6.07, 6.45) is 2.54. The van der Waals surface area contributed by atoms with E-state index < -0.39 is 6.10 Å². The standard InChI is InChI=1S/C21H18N6O2S/c1-27-20(9-17(26-27)21-24-6-7-30-21)29-19-8-13(10-22)2-4-15(19)16-5-3-14(12-25-16)18(28)11-23/h2-9,12,18,28H,11,23H2,1H3/t18-/m1/s1. The van der Waals surface area contributed by atoms with Gasteiger partial charge in [0, 0.05) is 48.6 Å². The molecule has 0 fully saturated rings. The van der Waals surface area contributed by atoms with Gasteiger partial charge in [0.2, 0.25) is 5.88 Å². The van der Waals surface area contributed by atoms with Gasteiger partial charge in [0.15, 0.2) is 0 Å². The number of ether oxygens (including phenoxy) is 1. The molecule has 0 spiro atoms. The molecule has 1 atom stereocenters. The normalized spacial score (nSPS) is 11.8. The summed E-state index contributed by atoms with van der Waals surface area (Å²) in [5.74, 6) is 0.981. The van der Waals surface area contributed by atoms with Gasteiger partial charge in [-0.1, -0.05) is 6.07 Å². The van der Waals surface area contributed by atoms with Crippen molar-refractivity contribution in [3.05, 3.63) is 65.3 Å². The Bertz CT molecular complexity index is 1200. The Balaban J connectivity index is 1.71. The van der Waals surface area contributed by atoms with Gasteiger partial charge in [-0.2, -0.15) is 10.4 Å². The first-order valence-corrected chi connectivity index (χ1v) is 9.97. The highest BCUT2D eigenvalue weighted by atomic mass is 32.1. The van der Waals surface area contributed by atoms with Crippen LogP contribution in [0, 0.1) is 11.3 Å². The van der Waals surface area contributed by atoms with Gasteiger partial charge in [-0.3, -0.25) is 4.98 Å². The molecule has 3 heterocycles. The van der Waals surface area contributed by atoms with Crippen LogP contribution in [0.2, 0.25) is 0 Å². The quantitative estimate of drug-likeness (QED) is 0.493. The molecule has 0 radical (unpaired) electrons. The Morgan fingerprint density at radius 3 is 2.77 bits per heavy atom. The molecular formula is C21H18N6O2S. The van der Waals surface area contributed by atoms with Gasteiger partial charge in [-0.15, -0.1) is 11.3 Å². The third-order valence-electron chi connectivity index (χ3n) is 4.48. The van der Waals surface area contributed by atoms with Crippen LogP contribution >= 0.6 is 11.3 Å². The first kappa shape index (κ1) is 19.7. The van der Waals surface area contributed by atoms with Crippen LogP contribution in [0.1, 0.15) is 17.2 Å². The molecule has 0 saturated carbocycles. The van der Waals surface area contributed by atoms with Crippen molar-refractivity contribution in [2.24, 2.45) is 12.8 Å². The number of aryl methyl sites for hydroxylation is 1. The number of benzene rings is 1. The van der Waals surface area contributed by atoms with Gasteiger partial charge in [0.05, 0.1) is 23.4 Å². The lowest BCUT2D eigenvalue weighted by Crippen LogP contribution is -2.11. The van der Waals surface area contributed by atoms with Crippen LogP contribution in [0.4, 0.5) is 0 Å². The molecule has 0 saturated heterocycles. The summed E-state index contributed by atoms with van der Waals surface area (Å²) >= 11 is 1.49. The Labute approximate surface area is 176 Å². The van der Waals surface area contributed by atoms with E-state index in [9.17, 15) is 10.4 Å². The maximum Gasteiger partial charge on any atom is 0.218 e. The minimum atomic E-state index is -0.762. The molecule has 30 heavy (non-hydrogen) atoms. The van der Waals surface area contributed by atoms with Gasteiger partial charge in [0.25, 0.3) is 0 Å². The predicted molar refractivity (Wildman–Crippen MR) is 113 cm³/mol. The molecule has 0 unspecified atom stereocenters. The van der Waals surface area contributed by atoms with Crippen LogP contribution < -0.4 is 10.5 Å². The fourth-order valence-electron chi connectivity index (χ4n) is 2.90. The summed E-state index contributed by atoms with van der Waals surface area (Å²) in [6, 6.07) is 12.6. The number of nitrogens with zero attached hydrogens (tertiary/aromatic N) is 5. The van der Waals surface area contributed by atoms with E-state index in [1.165, 1.54) is 11.3 Å². The topological polar surface area (TPSA) is 123 Å². The summed E-state index contributed by atoms with van der Waals surface area (Å²) < 4.78 is 7.75. The molecule has 0 amide bonds. The number of aliphatic hydroxyl groups is 1. The largest absolute Gasteiger partial charge is 0.439 e. The van der Waals surface area contributed by atoms with Gasteiger partial charge >= 0.3 is 0 Å². The van der Waals surface area contributed by atoms with E-state index in [2.05, 4.69) is 21.1 Å². The van der Waals surface area contributed by atoms with Crippen LogP contribution in [-0.4, -0.2) is 31.4 Å². The first-order chi connectivity index (χ1) is 14.6. The van der Waals surface area contributed by atoms with Gasteiger partial charge in [0.1, 0.15) is 16.5 Å². The third kappa shape index (κ3) is 3.92. The first-order valence-electron chi connectivity index (χ1n) is 9.09. The van der Waals surface area contributed by atoms with Gasteiger partial charge < -0.3 is 15.6 Å². The van der Waals surface area contributed by atoms with Crippen LogP contribution in [0.15, 0.2) is 54.2 Å². The average molecular weight is 418 g/mol. The highest BCUT2D eigenvalue weighted by Gasteiger charge is 2.16. The Hall–Kier alpha value is -3.58. The second kappa shape index (κ2) is 8.42. The zero-order valence-corrected chi connectivity index (χ0v) is 16.9. The number of aromatic nitrogens is 4. The molecule has 3 N–H and O–H groups in total. The molecule has 0 bridgehead atoms. The van der Waals surface area contributed by atoms with Gasteiger partial charge in [-0.05, 0) is 24.3 Å². The number of rotatable bonds is 6. The smallest absolute Gasteiger partial charge is 0.218 e. The number of hydrogen-bond acceptors (Lipinski definition) is 8. The number of nitriles is 1. The van der Waals surface area contributed by atoms with Crippen molar-refractivity contribution in [1.29, 1.82) is 5.26 Å². The highest BCUT2D eigenvalue weighted by Crippen LogP contribution is 2.35. The molecule has 1 aromatic carbocycles. The predicted octanol–water partition coefficient (Wildman–Crippen LogP) is 3.26. The minimum absolute atomic E-state index is 0.119. The van der Waals surface area contributed by atoms with Crippen LogP contribution in [0.5, 0.6) is 11.6 Å². The van der Waals surface area contributed by atoms with Crippen molar-refractivity contribution in [3.63, 3.8) is 0 Å². The second-order valence-corrected chi connectivity index (χ2v) is 7.38. The summed E-state index contributed by atoms with van der Waals surface area (Å²) in [4.78, 5) is 8.71. The maximum absolute atomic E-state index is 9.88. The summed E-state index contributed by atoms with van der Waals surface area (Å²) in [5.41, 5.74) is 8.67. The van der Waals surface area contributed by atoms with Crippen molar-refractivity contribution >= 4 is 11.3 Å². The molecule has 3 aromatic heterocycles. The minimum Gasteiger partial charge on any atom is -0.439 e. The van der Waals surface area contributed by atoms with E-state index in [4.69, 9.17) is 10.5 Å². The highest BCUT2D eigenvalue weighted by molar-refractivity contribution is 7.13. The molecule has 0 aliphatic heterocycles. The van der Waals surface area contributed by atoms with E-state index in [1.807, 2.05) is 5.38 Å². The van der Waals surface area contributed by atoms with E-state index in [0.717, 1.165) is 5.01 Å². The lowest BCUT2D eigenvalue weighted by molar-refractivity contribution is 0.186. The molecule has 9 heteroatoms.